The van der Waals surface area contributed by atoms with Crippen molar-refractivity contribution in [2.45, 2.75) is 64.4 Å². The average Bonchev–Trinajstić information content (AvgIpc) is 3.10. The fourth-order valence-corrected chi connectivity index (χ4v) is 6.60. The molecule has 132 valence electrons. The van der Waals surface area contributed by atoms with Gasteiger partial charge in [0.1, 0.15) is 5.60 Å². The van der Waals surface area contributed by atoms with Gasteiger partial charge in [-0.25, -0.2) is 0 Å². The summed E-state index contributed by atoms with van der Waals surface area (Å²) in [5, 5.41) is 0. The molecule has 0 bridgehead atoms. The van der Waals surface area contributed by atoms with Crippen molar-refractivity contribution < 1.29 is 14.3 Å². The third-order valence-electron chi connectivity index (χ3n) is 8.25. The van der Waals surface area contributed by atoms with Crippen molar-refractivity contribution in [1.29, 1.82) is 0 Å². The lowest BCUT2D eigenvalue weighted by Crippen LogP contribution is -2.51. The van der Waals surface area contributed by atoms with Crippen LogP contribution >= 0.6 is 0 Å². The molecule has 1 aliphatic heterocycles. The topological polar surface area (TPSA) is 43.4 Å². The van der Waals surface area contributed by atoms with E-state index >= 15 is 0 Å². The second-order valence-corrected chi connectivity index (χ2v) is 9.18. The van der Waals surface area contributed by atoms with Gasteiger partial charge in [0.2, 0.25) is 0 Å². The fraction of sp³-hybridized carbons (Fsp3) is 0.636. The van der Waals surface area contributed by atoms with Crippen molar-refractivity contribution in [3.05, 3.63) is 35.5 Å². The summed E-state index contributed by atoms with van der Waals surface area (Å²) in [6, 6.07) is 0. The minimum absolute atomic E-state index is 0.0211. The molecule has 2 fully saturated rings. The molecule has 0 unspecified atom stereocenters. The highest BCUT2D eigenvalue weighted by atomic mass is 16.6. The van der Waals surface area contributed by atoms with Crippen LogP contribution in [0.15, 0.2) is 35.5 Å². The van der Waals surface area contributed by atoms with Gasteiger partial charge >= 0.3 is 5.97 Å². The minimum atomic E-state index is -0.294. The number of allylic oxidation sites excluding steroid dienone is 4. The molecule has 5 aliphatic rings. The molecular weight excluding hydrogens is 312 g/mol. The standard InChI is InChI=1S/C22H26O3/c1-20-9-5-15(23)13-14(20)3-4-16-17(20)6-10-21(2)18(16)7-11-22(21)12-8-19(24)25-22/h3-4,7,13,16-17H,5-6,8-12H2,1-2H3/t16-,17+,20+,21+,22-/m1/s1. The van der Waals surface area contributed by atoms with Crippen LogP contribution in [0.3, 0.4) is 0 Å². The van der Waals surface area contributed by atoms with E-state index in [1.807, 2.05) is 6.08 Å². The molecule has 1 spiro atoms. The first kappa shape index (κ1) is 15.6. The van der Waals surface area contributed by atoms with E-state index in [-0.39, 0.29) is 28.2 Å². The molecule has 25 heavy (non-hydrogen) atoms. The summed E-state index contributed by atoms with van der Waals surface area (Å²) in [6.45, 7) is 4.68. The predicted octanol–water partition coefficient (Wildman–Crippen LogP) is 4.29. The predicted molar refractivity (Wildman–Crippen MR) is 94.6 cm³/mol. The number of carbonyl (C=O) groups is 2. The smallest absolute Gasteiger partial charge is 0.306 e. The molecular formula is C22H26O3. The molecule has 3 nitrogen and oxygen atoms in total. The van der Waals surface area contributed by atoms with Crippen molar-refractivity contribution in [2.24, 2.45) is 22.7 Å². The van der Waals surface area contributed by atoms with Gasteiger partial charge < -0.3 is 4.74 Å². The van der Waals surface area contributed by atoms with Crippen LogP contribution in [0.5, 0.6) is 0 Å². The van der Waals surface area contributed by atoms with Crippen LogP contribution in [-0.4, -0.2) is 17.4 Å². The second kappa shape index (κ2) is 4.75. The number of ketones is 1. The number of carbonyl (C=O) groups excluding carboxylic acids is 2. The number of rotatable bonds is 0. The Balaban J connectivity index is 1.56. The minimum Gasteiger partial charge on any atom is -0.458 e. The lowest BCUT2D eigenvalue weighted by atomic mass is 9.49. The highest BCUT2D eigenvalue weighted by Crippen LogP contribution is 2.66. The number of esters is 1. The first-order chi connectivity index (χ1) is 11.9. The van der Waals surface area contributed by atoms with Gasteiger partial charge in [-0.15, -0.1) is 0 Å². The highest BCUT2D eigenvalue weighted by molar-refractivity contribution is 5.92. The molecule has 5 rings (SSSR count). The van der Waals surface area contributed by atoms with Crippen molar-refractivity contribution in [3.63, 3.8) is 0 Å². The van der Waals surface area contributed by atoms with E-state index in [0.717, 1.165) is 32.1 Å². The van der Waals surface area contributed by atoms with Gasteiger partial charge in [-0.1, -0.05) is 37.6 Å². The lowest BCUT2D eigenvalue weighted by molar-refractivity contribution is -0.158. The molecule has 1 saturated carbocycles. The number of ether oxygens (including phenoxy) is 1. The molecule has 3 heteroatoms. The molecule has 4 aliphatic carbocycles. The zero-order valence-electron chi connectivity index (χ0n) is 15.1. The summed E-state index contributed by atoms with van der Waals surface area (Å²) >= 11 is 0. The van der Waals surface area contributed by atoms with E-state index in [4.69, 9.17) is 4.74 Å². The Kier molecular flexibility index (Phi) is 2.96. The van der Waals surface area contributed by atoms with Crippen molar-refractivity contribution >= 4 is 11.8 Å². The summed E-state index contributed by atoms with van der Waals surface area (Å²) in [4.78, 5) is 23.8. The number of hydrogen-bond donors (Lipinski definition) is 0. The molecule has 0 amide bonds. The molecule has 5 atom stereocenters. The van der Waals surface area contributed by atoms with E-state index < -0.39 is 0 Å². The quantitative estimate of drug-likeness (QED) is 0.489. The highest BCUT2D eigenvalue weighted by Gasteiger charge is 2.63. The molecule has 0 N–H and O–H groups in total. The van der Waals surface area contributed by atoms with Gasteiger partial charge in [0.05, 0.1) is 0 Å². The van der Waals surface area contributed by atoms with Gasteiger partial charge in [0.25, 0.3) is 0 Å². The Bertz CT molecular complexity index is 772. The molecule has 0 aromatic carbocycles. The second-order valence-electron chi connectivity index (χ2n) is 9.18. The molecule has 1 saturated heterocycles. The number of hydrogen-bond acceptors (Lipinski definition) is 3. The SMILES string of the molecule is C[C@]12CCC(=O)C=C1C=C[C@H]1C3=CC[C@@]4(CCC(=O)O4)[C@@]3(C)CC[C@@H]12. The summed E-state index contributed by atoms with van der Waals surface area (Å²) in [5.41, 5.74) is 2.52. The van der Waals surface area contributed by atoms with Crippen LogP contribution in [-0.2, 0) is 14.3 Å². The molecule has 0 aromatic rings. The fourth-order valence-electron chi connectivity index (χ4n) is 6.60. The Morgan fingerprint density at radius 3 is 2.72 bits per heavy atom. The van der Waals surface area contributed by atoms with Gasteiger partial charge in [0, 0.05) is 30.6 Å². The van der Waals surface area contributed by atoms with E-state index in [9.17, 15) is 9.59 Å². The van der Waals surface area contributed by atoms with Crippen LogP contribution in [0.25, 0.3) is 0 Å². The number of fused-ring (bicyclic) bond motifs is 6. The maximum atomic E-state index is 11.9. The van der Waals surface area contributed by atoms with Crippen LogP contribution in [0.2, 0.25) is 0 Å². The summed E-state index contributed by atoms with van der Waals surface area (Å²) in [7, 11) is 0. The summed E-state index contributed by atoms with van der Waals surface area (Å²) in [6.07, 6.45) is 15.0. The molecule has 1 heterocycles. The first-order valence-electron chi connectivity index (χ1n) is 9.74. The largest absolute Gasteiger partial charge is 0.458 e. The normalized spacial score (nSPS) is 47.8. The van der Waals surface area contributed by atoms with E-state index in [0.29, 0.717) is 24.7 Å². The lowest BCUT2D eigenvalue weighted by Gasteiger charge is -2.55. The maximum Gasteiger partial charge on any atom is 0.306 e. The van der Waals surface area contributed by atoms with Gasteiger partial charge in [-0.2, -0.15) is 0 Å². The third kappa shape index (κ3) is 1.82. The Morgan fingerprint density at radius 2 is 1.96 bits per heavy atom. The Morgan fingerprint density at radius 1 is 1.12 bits per heavy atom. The van der Waals surface area contributed by atoms with Gasteiger partial charge in [-0.05, 0) is 48.7 Å². The zero-order chi connectivity index (χ0) is 17.4. The van der Waals surface area contributed by atoms with Crippen LogP contribution in [0.1, 0.15) is 58.8 Å². The Hall–Kier alpha value is -1.64. The van der Waals surface area contributed by atoms with Gasteiger partial charge in [-0.3, -0.25) is 9.59 Å². The summed E-state index contributed by atoms with van der Waals surface area (Å²) < 4.78 is 5.94. The van der Waals surface area contributed by atoms with E-state index in [1.165, 1.54) is 11.1 Å². The van der Waals surface area contributed by atoms with E-state index in [2.05, 4.69) is 32.1 Å². The zero-order valence-corrected chi connectivity index (χ0v) is 15.1. The summed E-state index contributed by atoms with van der Waals surface area (Å²) in [5.74, 6) is 1.23. The van der Waals surface area contributed by atoms with Crippen molar-refractivity contribution in [1.82, 2.24) is 0 Å². The van der Waals surface area contributed by atoms with Crippen molar-refractivity contribution in [3.8, 4) is 0 Å². The monoisotopic (exact) mass is 338 g/mol. The first-order valence-corrected chi connectivity index (χ1v) is 9.74. The van der Waals surface area contributed by atoms with E-state index in [1.54, 1.807) is 0 Å². The average molecular weight is 338 g/mol. The Labute approximate surface area is 149 Å². The van der Waals surface area contributed by atoms with Crippen LogP contribution < -0.4 is 0 Å². The maximum absolute atomic E-state index is 11.9. The van der Waals surface area contributed by atoms with Crippen LogP contribution in [0.4, 0.5) is 0 Å². The van der Waals surface area contributed by atoms with Gasteiger partial charge in [0.15, 0.2) is 5.78 Å². The van der Waals surface area contributed by atoms with Crippen molar-refractivity contribution in [2.75, 3.05) is 0 Å². The third-order valence-corrected chi connectivity index (χ3v) is 8.25. The molecule has 0 radical (unpaired) electrons. The van der Waals surface area contributed by atoms with Crippen LogP contribution in [0, 0.1) is 22.7 Å². The molecule has 0 aromatic heterocycles.